The topological polar surface area (TPSA) is 35.2 Å². The van der Waals surface area contributed by atoms with Crippen LogP contribution in [0.3, 0.4) is 0 Å². The van der Waals surface area contributed by atoms with Gasteiger partial charge in [-0.2, -0.15) is 0 Å². The lowest BCUT2D eigenvalue weighted by molar-refractivity contribution is 0.0110. The van der Waals surface area contributed by atoms with Gasteiger partial charge in [0.05, 0.1) is 12.7 Å². The summed E-state index contributed by atoms with van der Waals surface area (Å²) in [5, 5.41) is 0. The number of rotatable bonds is 6. The average molecular weight is 213 g/mol. The van der Waals surface area contributed by atoms with E-state index in [1.54, 1.807) is 0 Å². The minimum Gasteiger partial charge on any atom is -0.378 e. The third-order valence-corrected chi connectivity index (χ3v) is 3.66. The van der Waals surface area contributed by atoms with Gasteiger partial charge in [0.1, 0.15) is 0 Å². The smallest absolute Gasteiger partial charge is 0.0547 e. The van der Waals surface area contributed by atoms with Crippen LogP contribution >= 0.6 is 0 Å². The Balaban J connectivity index is 2.22. The zero-order valence-electron chi connectivity index (χ0n) is 10.4. The van der Waals surface area contributed by atoms with Crippen molar-refractivity contribution in [2.45, 2.75) is 58.5 Å². The standard InChI is InChI=1S/C13H27NO/c1-3-6-11(2)15-10-13-8-5-4-7-12(13)9-14/h11-13H,3-10,14H2,1-2H3. The first-order chi connectivity index (χ1) is 7.27. The van der Waals surface area contributed by atoms with Crippen molar-refractivity contribution in [3.05, 3.63) is 0 Å². The van der Waals surface area contributed by atoms with Crippen LogP contribution in [0.25, 0.3) is 0 Å². The molecule has 0 bridgehead atoms. The first-order valence-electron chi connectivity index (χ1n) is 6.59. The van der Waals surface area contributed by atoms with Crippen molar-refractivity contribution in [3.8, 4) is 0 Å². The fraction of sp³-hybridized carbons (Fsp3) is 1.00. The molecule has 0 aliphatic heterocycles. The summed E-state index contributed by atoms with van der Waals surface area (Å²) in [5.41, 5.74) is 5.80. The molecule has 0 heterocycles. The highest BCUT2D eigenvalue weighted by Crippen LogP contribution is 2.29. The summed E-state index contributed by atoms with van der Waals surface area (Å²) in [6.07, 6.45) is 8.19. The Labute approximate surface area is 94.6 Å². The second kappa shape index (κ2) is 7.24. The van der Waals surface area contributed by atoms with E-state index in [0.717, 1.165) is 19.1 Å². The van der Waals surface area contributed by atoms with Gasteiger partial charge in [-0.15, -0.1) is 0 Å². The molecule has 90 valence electrons. The van der Waals surface area contributed by atoms with Crippen LogP contribution in [-0.2, 0) is 4.74 Å². The highest BCUT2D eigenvalue weighted by atomic mass is 16.5. The van der Waals surface area contributed by atoms with Crippen LogP contribution in [-0.4, -0.2) is 19.3 Å². The number of hydrogen-bond donors (Lipinski definition) is 1. The third-order valence-electron chi connectivity index (χ3n) is 3.66. The highest BCUT2D eigenvalue weighted by Gasteiger charge is 2.24. The molecule has 0 aromatic carbocycles. The van der Waals surface area contributed by atoms with Gasteiger partial charge in [-0.25, -0.2) is 0 Å². The van der Waals surface area contributed by atoms with Gasteiger partial charge in [-0.05, 0) is 44.6 Å². The van der Waals surface area contributed by atoms with Gasteiger partial charge >= 0.3 is 0 Å². The largest absolute Gasteiger partial charge is 0.378 e. The lowest BCUT2D eigenvalue weighted by Crippen LogP contribution is -2.31. The van der Waals surface area contributed by atoms with Crippen molar-refractivity contribution in [2.75, 3.05) is 13.2 Å². The monoisotopic (exact) mass is 213 g/mol. The van der Waals surface area contributed by atoms with Gasteiger partial charge in [0.15, 0.2) is 0 Å². The van der Waals surface area contributed by atoms with E-state index in [9.17, 15) is 0 Å². The van der Waals surface area contributed by atoms with Crippen LogP contribution < -0.4 is 5.73 Å². The number of hydrogen-bond acceptors (Lipinski definition) is 2. The van der Waals surface area contributed by atoms with E-state index in [2.05, 4.69) is 13.8 Å². The number of nitrogens with two attached hydrogens (primary N) is 1. The zero-order chi connectivity index (χ0) is 11.1. The van der Waals surface area contributed by atoms with Crippen LogP contribution in [0.4, 0.5) is 0 Å². The first kappa shape index (κ1) is 13.0. The summed E-state index contributed by atoms with van der Waals surface area (Å²) in [5.74, 6) is 1.44. The van der Waals surface area contributed by atoms with Crippen LogP contribution in [0.5, 0.6) is 0 Å². The summed E-state index contributed by atoms with van der Waals surface area (Å²) < 4.78 is 5.90. The van der Waals surface area contributed by atoms with Crippen molar-refractivity contribution < 1.29 is 4.74 Å². The van der Waals surface area contributed by atoms with Gasteiger partial charge in [0.2, 0.25) is 0 Å². The molecule has 2 N–H and O–H groups in total. The molecule has 2 heteroatoms. The molecule has 1 aliphatic rings. The van der Waals surface area contributed by atoms with E-state index in [1.165, 1.54) is 38.5 Å². The summed E-state index contributed by atoms with van der Waals surface area (Å²) in [6.45, 7) is 6.17. The molecule has 15 heavy (non-hydrogen) atoms. The van der Waals surface area contributed by atoms with Crippen molar-refractivity contribution in [1.82, 2.24) is 0 Å². The van der Waals surface area contributed by atoms with Crippen LogP contribution in [0.1, 0.15) is 52.4 Å². The molecule has 0 amide bonds. The molecular weight excluding hydrogens is 186 g/mol. The van der Waals surface area contributed by atoms with Gasteiger partial charge < -0.3 is 10.5 Å². The van der Waals surface area contributed by atoms with Crippen molar-refractivity contribution >= 4 is 0 Å². The Morgan fingerprint density at radius 2 is 1.93 bits per heavy atom. The normalized spacial score (nSPS) is 29.0. The molecule has 0 aromatic rings. The molecule has 1 aliphatic carbocycles. The minimum atomic E-state index is 0.426. The first-order valence-corrected chi connectivity index (χ1v) is 6.59. The maximum atomic E-state index is 5.90. The molecule has 1 rings (SSSR count). The van der Waals surface area contributed by atoms with Gasteiger partial charge in [-0.1, -0.05) is 26.2 Å². The third kappa shape index (κ3) is 4.52. The van der Waals surface area contributed by atoms with E-state index in [4.69, 9.17) is 10.5 Å². The van der Waals surface area contributed by atoms with Crippen molar-refractivity contribution in [1.29, 1.82) is 0 Å². The Bertz CT molecular complexity index is 161. The molecule has 1 fully saturated rings. The molecule has 3 unspecified atom stereocenters. The molecule has 0 spiro atoms. The van der Waals surface area contributed by atoms with Gasteiger partial charge in [0.25, 0.3) is 0 Å². The Hall–Kier alpha value is -0.0800. The average Bonchev–Trinajstić information content (AvgIpc) is 2.27. The fourth-order valence-electron chi connectivity index (χ4n) is 2.59. The molecule has 2 nitrogen and oxygen atoms in total. The maximum Gasteiger partial charge on any atom is 0.0547 e. The molecule has 0 saturated heterocycles. The molecule has 1 saturated carbocycles. The Kier molecular flexibility index (Phi) is 6.26. The SMILES string of the molecule is CCCC(C)OCC1CCCCC1CN. The van der Waals surface area contributed by atoms with Crippen LogP contribution in [0.15, 0.2) is 0 Å². The van der Waals surface area contributed by atoms with Crippen LogP contribution in [0, 0.1) is 11.8 Å². The van der Waals surface area contributed by atoms with Crippen molar-refractivity contribution in [2.24, 2.45) is 17.6 Å². The van der Waals surface area contributed by atoms with Crippen LogP contribution in [0.2, 0.25) is 0 Å². The van der Waals surface area contributed by atoms with Gasteiger partial charge in [0, 0.05) is 0 Å². The Morgan fingerprint density at radius 3 is 2.53 bits per heavy atom. The highest BCUT2D eigenvalue weighted by molar-refractivity contribution is 4.76. The van der Waals surface area contributed by atoms with E-state index in [0.29, 0.717) is 12.0 Å². The predicted molar refractivity (Wildman–Crippen MR) is 64.8 cm³/mol. The number of ether oxygens (including phenoxy) is 1. The van der Waals surface area contributed by atoms with Gasteiger partial charge in [-0.3, -0.25) is 0 Å². The quantitative estimate of drug-likeness (QED) is 0.736. The minimum absolute atomic E-state index is 0.426. The maximum absolute atomic E-state index is 5.90. The van der Waals surface area contributed by atoms with E-state index >= 15 is 0 Å². The lowest BCUT2D eigenvalue weighted by atomic mass is 9.80. The molecule has 3 atom stereocenters. The summed E-state index contributed by atoms with van der Waals surface area (Å²) >= 11 is 0. The molecular formula is C13H27NO. The molecule has 0 radical (unpaired) electrons. The van der Waals surface area contributed by atoms with Crippen molar-refractivity contribution in [3.63, 3.8) is 0 Å². The summed E-state index contributed by atoms with van der Waals surface area (Å²) in [6, 6.07) is 0. The second-order valence-electron chi connectivity index (χ2n) is 4.97. The zero-order valence-corrected chi connectivity index (χ0v) is 10.4. The summed E-state index contributed by atoms with van der Waals surface area (Å²) in [4.78, 5) is 0. The lowest BCUT2D eigenvalue weighted by Gasteiger charge is -2.31. The van der Waals surface area contributed by atoms with E-state index < -0.39 is 0 Å². The predicted octanol–water partition coefficient (Wildman–Crippen LogP) is 2.96. The molecule has 0 aromatic heterocycles. The Morgan fingerprint density at radius 1 is 1.27 bits per heavy atom. The van der Waals surface area contributed by atoms with E-state index in [-0.39, 0.29) is 0 Å². The second-order valence-corrected chi connectivity index (χ2v) is 4.97. The fourth-order valence-corrected chi connectivity index (χ4v) is 2.59. The van der Waals surface area contributed by atoms with E-state index in [1.807, 2.05) is 0 Å². The summed E-state index contributed by atoms with van der Waals surface area (Å²) in [7, 11) is 0.